The molecule has 0 N–H and O–H groups in total. The first kappa shape index (κ1) is 20.9. The average Bonchev–Trinajstić information content (AvgIpc) is 3.07. The first-order chi connectivity index (χ1) is 14.7. The maximum atomic E-state index is 9.97. The molecule has 0 aliphatic carbocycles. The van der Waals surface area contributed by atoms with Gasteiger partial charge >= 0.3 is 0 Å². The lowest BCUT2D eigenvalue weighted by molar-refractivity contribution is 0.326. The molecule has 1 aromatic carbocycles. The summed E-state index contributed by atoms with van der Waals surface area (Å²) in [6.07, 6.45) is 5.94. The number of hydrogen-bond donors (Lipinski definition) is 0. The van der Waals surface area contributed by atoms with Gasteiger partial charge in [-0.3, -0.25) is 0 Å². The van der Waals surface area contributed by atoms with E-state index in [9.17, 15) is 15.8 Å². The molecule has 2 heterocycles. The molecule has 1 aliphatic heterocycles. The number of pyridine rings is 1. The first-order valence-corrected chi connectivity index (χ1v) is 10.2. The molecule has 6 nitrogen and oxygen atoms in total. The Bertz CT molecular complexity index is 1030. The van der Waals surface area contributed by atoms with Crippen molar-refractivity contribution in [2.45, 2.75) is 32.6 Å². The van der Waals surface area contributed by atoms with Gasteiger partial charge in [0, 0.05) is 24.2 Å². The number of hydrogen-bond acceptors (Lipinski definition) is 6. The van der Waals surface area contributed by atoms with Crippen molar-refractivity contribution in [3.8, 4) is 35.2 Å². The minimum Gasteiger partial charge on any atom is -0.477 e. The van der Waals surface area contributed by atoms with Gasteiger partial charge in [0.25, 0.3) is 0 Å². The number of rotatable bonds is 5. The van der Waals surface area contributed by atoms with Gasteiger partial charge in [0.2, 0.25) is 5.88 Å². The van der Waals surface area contributed by atoms with Crippen molar-refractivity contribution in [2.24, 2.45) is 0 Å². The van der Waals surface area contributed by atoms with Gasteiger partial charge in [0.15, 0.2) is 0 Å². The number of nitrogens with zero attached hydrogens (tertiary/aromatic N) is 5. The minimum atomic E-state index is -0.0295. The molecule has 0 unspecified atom stereocenters. The summed E-state index contributed by atoms with van der Waals surface area (Å²) in [7, 11) is 0. The van der Waals surface area contributed by atoms with Crippen molar-refractivity contribution >= 4 is 11.9 Å². The van der Waals surface area contributed by atoms with Crippen molar-refractivity contribution in [2.75, 3.05) is 24.6 Å². The highest BCUT2D eigenvalue weighted by Crippen LogP contribution is 2.39. The zero-order valence-electron chi connectivity index (χ0n) is 17.1. The van der Waals surface area contributed by atoms with E-state index in [-0.39, 0.29) is 11.5 Å². The molecule has 2 aromatic rings. The Morgan fingerprint density at radius 3 is 2.30 bits per heavy atom. The fourth-order valence-electron chi connectivity index (χ4n) is 3.71. The monoisotopic (exact) mass is 397 g/mol. The van der Waals surface area contributed by atoms with Crippen LogP contribution in [0.25, 0.3) is 17.2 Å². The largest absolute Gasteiger partial charge is 0.477 e. The first-order valence-electron chi connectivity index (χ1n) is 10.2. The minimum absolute atomic E-state index is 0.0295. The summed E-state index contributed by atoms with van der Waals surface area (Å²) in [4.78, 5) is 6.91. The number of aromatic nitrogens is 1. The lowest BCUT2D eigenvalue weighted by atomic mass is 9.94. The number of benzene rings is 1. The van der Waals surface area contributed by atoms with Crippen LogP contribution < -0.4 is 9.64 Å². The Hall–Kier alpha value is -3.82. The van der Waals surface area contributed by atoms with Crippen molar-refractivity contribution in [3.05, 3.63) is 47.0 Å². The van der Waals surface area contributed by atoms with E-state index >= 15 is 0 Å². The second kappa shape index (κ2) is 10.1. The average molecular weight is 397 g/mol. The summed E-state index contributed by atoms with van der Waals surface area (Å²) in [5, 5.41) is 28.8. The van der Waals surface area contributed by atoms with Gasteiger partial charge in [-0.2, -0.15) is 20.8 Å². The van der Waals surface area contributed by atoms with Gasteiger partial charge in [0.05, 0.1) is 6.61 Å². The molecular formula is C24H23N5O. The number of ether oxygens (including phenoxy) is 1. The van der Waals surface area contributed by atoms with Crippen LogP contribution in [-0.2, 0) is 0 Å². The lowest BCUT2D eigenvalue weighted by Crippen LogP contribution is -2.26. The molecule has 0 bridgehead atoms. The summed E-state index contributed by atoms with van der Waals surface area (Å²) in [5.41, 5.74) is 2.34. The van der Waals surface area contributed by atoms with Crippen molar-refractivity contribution in [3.63, 3.8) is 0 Å². The maximum absolute atomic E-state index is 9.97. The van der Waals surface area contributed by atoms with E-state index in [2.05, 4.69) is 11.0 Å². The van der Waals surface area contributed by atoms with Crippen LogP contribution in [0.5, 0.6) is 5.88 Å². The molecule has 0 atom stereocenters. The highest BCUT2D eigenvalue weighted by atomic mass is 16.5. The number of nitriles is 3. The molecule has 1 fully saturated rings. The normalized spacial score (nSPS) is 13.3. The summed E-state index contributed by atoms with van der Waals surface area (Å²) < 4.78 is 5.75. The van der Waals surface area contributed by atoms with Crippen LogP contribution in [0.3, 0.4) is 0 Å². The molecule has 0 saturated carbocycles. The topological polar surface area (TPSA) is 96.7 Å². The predicted octanol–water partition coefficient (Wildman–Crippen LogP) is 4.83. The summed E-state index contributed by atoms with van der Waals surface area (Å²) >= 11 is 0. The highest BCUT2D eigenvalue weighted by molar-refractivity contribution is 5.88. The second-order valence-electron chi connectivity index (χ2n) is 7.00. The molecule has 6 heteroatoms. The van der Waals surface area contributed by atoms with Gasteiger partial charge in [-0.05, 0) is 31.4 Å². The third-order valence-electron chi connectivity index (χ3n) is 5.07. The predicted molar refractivity (Wildman–Crippen MR) is 115 cm³/mol. The van der Waals surface area contributed by atoms with E-state index in [0.29, 0.717) is 29.1 Å². The molecule has 0 spiro atoms. The van der Waals surface area contributed by atoms with E-state index in [0.717, 1.165) is 44.3 Å². The molecule has 3 rings (SSSR count). The fraction of sp³-hybridized carbons (Fsp3) is 0.333. The van der Waals surface area contributed by atoms with E-state index in [1.807, 2.05) is 49.4 Å². The molecule has 30 heavy (non-hydrogen) atoms. The molecule has 1 aliphatic rings. The summed E-state index contributed by atoms with van der Waals surface area (Å²) in [6, 6.07) is 15.6. The van der Waals surface area contributed by atoms with E-state index in [4.69, 9.17) is 9.72 Å². The zero-order chi connectivity index (χ0) is 21.3. The van der Waals surface area contributed by atoms with Gasteiger partial charge in [-0.15, -0.1) is 0 Å². The fourth-order valence-corrected chi connectivity index (χ4v) is 3.71. The van der Waals surface area contributed by atoms with E-state index in [1.54, 1.807) is 6.08 Å². The summed E-state index contributed by atoms with van der Waals surface area (Å²) in [5.74, 6) is 0.937. The highest BCUT2D eigenvalue weighted by Gasteiger charge is 2.25. The van der Waals surface area contributed by atoms with Gasteiger partial charge in [0.1, 0.15) is 35.2 Å². The standard InChI is InChI=1S/C24H23N5O/c1-2-30-24-21(17-27)22(19-10-6-5-7-11-19)20(14-18(15-25)16-26)23(28-24)29-12-8-3-4-9-13-29/h5-7,10-11,14H,2-4,8-9,12-13H2,1H3. The van der Waals surface area contributed by atoms with Gasteiger partial charge in [-0.1, -0.05) is 43.2 Å². The lowest BCUT2D eigenvalue weighted by Gasteiger charge is -2.26. The van der Waals surface area contributed by atoms with Crippen LogP contribution in [0.4, 0.5) is 5.82 Å². The Balaban J connectivity index is 2.39. The Morgan fingerprint density at radius 2 is 1.73 bits per heavy atom. The van der Waals surface area contributed by atoms with Crippen LogP contribution in [0.1, 0.15) is 43.7 Å². The SMILES string of the molecule is CCOc1nc(N2CCCCCC2)c(C=C(C#N)C#N)c(-c2ccccc2)c1C#N. The molecule has 0 amide bonds. The quantitative estimate of drug-likeness (QED) is 0.670. The van der Waals surface area contributed by atoms with Crippen LogP contribution in [0.2, 0.25) is 0 Å². The Kier molecular flexibility index (Phi) is 7.04. The molecule has 0 radical (unpaired) electrons. The van der Waals surface area contributed by atoms with Crippen LogP contribution in [-0.4, -0.2) is 24.7 Å². The molecule has 1 saturated heterocycles. The Labute approximate surface area is 177 Å². The molecule has 150 valence electrons. The van der Waals surface area contributed by atoms with Crippen molar-refractivity contribution < 1.29 is 4.74 Å². The van der Waals surface area contributed by atoms with Crippen molar-refractivity contribution in [1.29, 1.82) is 15.8 Å². The van der Waals surface area contributed by atoms with E-state index < -0.39 is 0 Å². The van der Waals surface area contributed by atoms with Crippen LogP contribution in [0.15, 0.2) is 35.9 Å². The third kappa shape index (κ3) is 4.43. The summed E-state index contributed by atoms with van der Waals surface area (Å²) in [6.45, 7) is 3.89. The second-order valence-corrected chi connectivity index (χ2v) is 7.00. The molecule has 1 aromatic heterocycles. The van der Waals surface area contributed by atoms with E-state index in [1.165, 1.54) is 0 Å². The number of anilines is 1. The van der Waals surface area contributed by atoms with Gasteiger partial charge < -0.3 is 9.64 Å². The maximum Gasteiger partial charge on any atom is 0.234 e. The van der Waals surface area contributed by atoms with Crippen molar-refractivity contribution in [1.82, 2.24) is 4.98 Å². The van der Waals surface area contributed by atoms with Gasteiger partial charge in [-0.25, -0.2) is 0 Å². The smallest absolute Gasteiger partial charge is 0.234 e. The Morgan fingerprint density at radius 1 is 1.07 bits per heavy atom. The van der Waals surface area contributed by atoms with Crippen LogP contribution in [0, 0.1) is 34.0 Å². The zero-order valence-corrected chi connectivity index (χ0v) is 17.1. The molecular weight excluding hydrogens is 374 g/mol. The number of allylic oxidation sites excluding steroid dienone is 1. The van der Waals surface area contributed by atoms with Crippen LogP contribution >= 0.6 is 0 Å². The third-order valence-corrected chi connectivity index (χ3v) is 5.07.